The molecule has 0 aliphatic carbocycles. The van der Waals surface area contributed by atoms with Gasteiger partial charge in [0.1, 0.15) is 10.9 Å². The summed E-state index contributed by atoms with van der Waals surface area (Å²) < 4.78 is 27.8. The first-order chi connectivity index (χ1) is 9.95. The number of amides is 2. The third-order valence-corrected chi connectivity index (χ3v) is 5.53. The first kappa shape index (κ1) is 17.3. The SMILES string of the molecule is CC(C)(C)OC(=O)N1CC(CN2CC(S(=O)(=O)Cl)CC2=O)C1. The predicted octanol–water partition coefficient (Wildman–Crippen LogP) is 1.02. The van der Waals surface area contributed by atoms with Crippen LogP contribution in [0.15, 0.2) is 0 Å². The Kier molecular flexibility index (Phi) is 4.64. The minimum atomic E-state index is -3.71. The van der Waals surface area contributed by atoms with Gasteiger partial charge in [-0.05, 0) is 20.8 Å². The van der Waals surface area contributed by atoms with Crippen molar-refractivity contribution in [3.8, 4) is 0 Å². The van der Waals surface area contributed by atoms with E-state index >= 15 is 0 Å². The van der Waals surface area contributed by atoms with Crippen molar-refractivity contribution >= 4 is 31.7 Å². The van der Waals surface area contributed by atoms with Gasteiger partial charge >= 0.3 is 6.09 Å². The molecule has 7 nitrogen and oxygen atoms in total. The summed E-state index contributed by atoms with van der Waals surface area (Å²) in [6, 6.07) is 0. The van der Waals surface area contributed by atoms with Gasteiger partial charge in [0.2, 0.25) is 15.0 Å². The molecule has 2 aliphatic rings. The Morgan fingerprint density at radius 1 is 1.32 bits per heavy atom. The van der Waals surface area contributed by atoms with Crippen LogP contribution in [0.5, 0.6) is 0 Å². The van der Waals surface area contributed by atoms with E-state index < -0.39 is 19.9 Å². The van der Waals surface area contributed by atoms with Crippen LogP contribution in [-0.4, -0.2) is 67.2 Å². The lowest BCUT2D eigenvalue weighted by Crippen LogP contribution is -2.55. The Morgan fingerprint density at radius 3 is 2.36 bits per heavy atom. The van der Waals surface area contributed by atoms with E-state index in [9.17, 15) is 18.0 Å². The van der Waals surface area contributed by atoms with Gasteiger partial charge in [-0.25, -0.2) is 13.2 Å². The van der Waals surface area contributed by atoms with Crippen molar-refractivity contribution in [2.75, 3.05) is 26.2 Å². The molecule has 2 rings (SSSR count). The highest BCUT2D eigenvalue weighted by molar-refractivity contribution is 8.14. The molecule has 22 heavy (non-hydrogen) atoms. The van der Waals surface area contributed by atoms with Gasteiger partial charge in [0, 0.05) is 49.2 Å². The van der Waals surface area contributed by atoms with E-state index in [2.05, 4.69) is 0 Å². The zero-order valence-electron chi connectivity index (χ0n) is 12.9. The summed E-state index contributed by atoms with van der Waals surface area (Å²) in [4.78, 5) is 26.7. The fourth-order valence-corrected chi connectivity index (χ4v) is 3.63. The van der Waals surface area contributed by atoms with Crippen LogP contribution < -0.4 is 0 Å². The van der Waals surface area contributed by atoms with E-state index in [4.69, 9.17) is 15.4 Å². The highest BCUT2D eigenvalue weighted by atomic mass is 35.7. The number of nitrogens with zero attached hydrogens (tertiary/aromatic N) is 2. The van der Waals surface area contributed by atoms with Gasteiger partial charge in [0.25, 0.3) is 0 Å². The standard InChI is InChI=1S/C13H21ClN2O5S/c1-13(2,3)21-12(18)16-6-9(7-16)5-15-8-10(4-11(15)17)22(14,19)20/h9-10H,4-8H2,1-3H3. The zero-order chi connectivity index (χ0) is 16.7. The van der Waals surface area contributed by atoms with E-state index in [1.165, 1.54) is 4.90 Å². The molecule has 0 aromatic rings. The van der Waals surface area contributed by atoms with E-state index in [0.29, 0.717) is 19.6 Å². The van der Waals surface area contributed by atoms with Gasteiger partial charge < -0.3 is 14.5 Å². The van der Waals surface area contributed by atoms with Gasteiger partial charge in [-0.3, -0.25) is 4.79 Å². The molecule has 0 bridgehead atoms. The third kappa shape index (κ3) is 4.25. The van der Waals surface area contributed by atoms with Crippen LogP contribution in [0.2, 0.25) is 0 Å². The average Bonchev–Trinajstić information content (AvgIpc) is 2.61. The molecule has 0 N–H and O–H groups in total. The molecule has 0 spiro atoms. The molecule has 2 aliphatic heterocycles. The summed E-state index contributed by atoms with van der Waals surface area (Å²) in [5.74, 6) is -0.0572. The number of halogens is 1. The summed E-state index contributed by atoms with van der Waals surface area (Å²) in [5, 5.41) is -0.830. The Balaban J connectivity index is 1.79. The van der Waals surface area contributed by atoms with E-state index in [-0.39, 0.29) is 30.9 Å². The van der Waals surface area contributed by atoms with Crippen LogP contribution in [0.4, 0.5) is 4.79 Å². The number of ether oxygens (including phenoxy) is 1. The van der Waals surface area contributed by atoms with E-state index in [1.54, 1.807) is 25.7 Å². The maximum absolute atomic E-state index is 11.8. The first-order valence-electron chi connectivity index (χ1n) is 7.15. The highest BCUT2D eigenvalue weighted by Crippen LogP contribution is 2.25. The fraction of sp³-hybridized carbons (Fsp3) is 0.846. The second kappa shape index (κ2) is 5.88. The molecule has 2 fully saturated rings. The highest BCUT2D eigenvalue weighted by Gasteiger charge is 2.41. The van der Waals surface area contributed by atoms with Crippen molar-refractivity contribution in [1.29, 1.82) is 0 Å². The minimum absolute atomic E-state index is 0.0612. The lowest BCUT2D eigenvalue weighted by Gasteiger charge is -2.41. The molecule has 0 aromatic heterocycles. The molecule has 2 saturated heterocycles. The molecular weight excluding hydrogens is 332 g/mol. The van der Waals surface area contributed by atoms with E-state index in [0.717, 1.165) is 0 Å². The van der Waals surface area contributed by atoms with Crippen LogP contribution >= 0.6 is 10.7 Å². The van der Waals surface area contributed by atoms with Crippen molar-refractivity contribution in [3.63, 3.8) is 0 Å². The maximum atomic E-state index is 11.8. The first-order valence-corrected chi connectivity index (χ1v) is 9.52. The zero-order valence-corrected chi connectivity index (χ0v) is 14.5. The molecule has 0 aromatic carbocycles. The summed E-state index contributed by atoms with van der Waals surface area (Å²) in [6.45, 7) is 7.01. The Bertz CT molecular complexity index is 565. The molecule has 2 amide bonds. The molecule has 1 atom stereocenters. The topological polar surface area (TPSA) is 84.0 Å². The summed E-state index contributed by atoms with van der Waals surface area (Å²) in [7, 11) is 1.59. The van der Waals surface area contributed by atoms with Crippen LogP contribution in [-0.2, 0) is 18.6 Å². The van der Waals surface area contributed by atoms with Crippen molar-refractivity contribution < 1.29 is 22.7 Å². The molecular formula is C13H21ClN2O5S. The third-order valence-electron chi connectivity index (χ3n) is 3.66. The fourth-order valence-electron chi connectivity index (χ4n) is 2.57. The predicted molar refractivity (Wildman–Crippen MR) is 81.1 cm³/mol. The van der Waals surface area contributed by atoms with Gasteiger partial charge in [0.05, 0.1) is 0 Å². The maximum Gasteiger partial charge on any atom is 0.410 e. The number of hydrogen-bond donors (Lipinski definition) is 0. The summed E-state index contributed by atoms with van der Waals surface area (Å²) in [6.07, 6.45) is -0.424. The van der Waals surface area contributed by atoms with Gasteiger partial charge in [0.15, 0.2) is 0 Å². The summed E-state index contributed by atoms with van der Waals surface area (Å²) in [5.41, 5.74) is -0.533. The molecule has 126 valence electrons. The largest absolute Gasteiger partial charge is 0.444 e. The van der Waals surface area contributed by atoms with Crippen LogP contribution in [0.3, 0.4) is 0 Å². The second-order valence-corrected chi connectivity index (χ2v) is 9.76. The number of likely N-dealkylation sites (tertiary alicyclic amines) is 2. The molecule has 1 unspecified atom stereocenters. The smallest absolute Gasteiger partial charge is 0.410 e. The molecule has 9 heteroatoms. The van der Waals surface area contributed by atoms with Crippen LogP contribution in [0.1, 0.15) is 27.2 Å². The number of hydrogen-bond acceptors (Lipinski definition) is 5. The van der Waals surface area contributed by atoms with Crippen LogP contribution in [0.25, 0.3) is 0 Å². The van der Waals surface area contributed by atoms with Gasteiger partial charge in [-0.2, -0.15) is 0 Å². The van der Waals surface area contributed by atoms with Gasteiger partial charge in [-0.15, -0.1) is 0 Å². The lowest BCUT2D eigenvalue weighted by atomic mass is 10.0. The Hall–Kier alpha value is -1.02. The number of carbonyl (C=O) groups is 2. The number of rotatable bonds is 3. The van der Waals surface area contributed by atoms with Crippen molar-refractivity contribution in [3.05, 3.63) is 0 Å². The van der Waals surface area contributed by atoms with Gasteiger partial charge in [-0.1, -0.05) is 0 Å². The molecule has 0 saturated carbocycles. The molecule has 2 heterocycles. The number of carbonyl (C=O) groups excluding carboxylic acids is 2. The average molecular weight is 353 g/mol. The monoisotopic (exact) mass is 352 g/mol. The normalized spacial score (nSPS) is 23.6. The second-order valence-electron chi connectivity index (χ2n) is 6.85. The van der Waals surface area contributed by atoms with Crippen molar-refractivity contribution in [2.45, 2.75) is 38.0 Å². The van der Waals surface area contributed by atoms with Crippen LogP contribution in [0, 0.1) is 5.92 Å². The quantitative estimate of drug-likeness (QED) is 0.708. The van der Waals surface area contributed by atoms with Crippen molar-refractivity contribution in [2.24, 2.45) is 5.92 Å². The Labute approximate surface area is 134 Å². The molecule has 0 radical (unpaired) electrons. The lowest BCUT2D eigenvalue weighted by molar-refractivity contribution is -0.128. The Morgan fingerprint density at radius 2 is 1.91 bits per heavy atom. The van der Waals surface area contributed by atoms with Crippen molar-refractivity contribution in [1.82, 2.24) is 9.80 Å². The summed E-state index contributed by atoms with van der Waals surface area (Å²) >= 11 is 0. The minimum Gasteiger partial charge on any atom is -0.444 e. The van der Waals surface area contributed by atoms with E-state index in [1.807, 2.05) is 0 Å².